The molecule has 3 fully saturated rings. The van der Waals surface area contributed by atoms with Crippen LogP contribution in [0, 0.1) is 5.92 Å². The van der Waals surface area contributed by atoms with Crippen LogP contribution in [0.3, 0.4) is 0 Å². The lowest BCUT2D eigenvalue weighted by atomic mass is 10.1. The minimum atomic E-state index is -3.88. The first-order valence-electron chi connectivity index (χ1n) is 11.9. The molecule has 0 unspecified atom stereocenters. The average molecular weight is 587 g/mol. The SMILES string of the molecule is O=C(N[C@H]1C[C@@H](C(=O)[O-])N(C(=O)CSCC(=O)N2C[C@@H](NS(=O)(=O)c3cccs3)C[C@H]2C(=O)[O-])C1)C1CC1. The quantitative estimate of drug-likeness (QED) is 0.265. The zero-order valence-electron chi connectivity index (χ0n) is 20.1. The predicted octanol–water partition coefficient (Wildman–Crippen LogP) is -3.28. The van der Waals surface area contributed by atoms with Crippen molar-refractivity contribution in [1.29, 1.82) is 0 Å². The fourth-order valence-corrected chi connectivity index (χ4v) is 7.64. The highest BCUT2D eigenvalue weighted by Gasteiger charge is 2.40. The van der Waals surface area contributed by atoms with Crippen LogP contribution in [0.15, 0.2) is 21.7 Å². The van der Waals surface area contributed by atoms with Crippen LogP contribution in [0.1, 0.15) is 25.7 Å². The van der Waals surface area contributed by atoms with Crippen LogP contribution in [-0.2, 0) is 34.0 Å². The van der Waals surface area contributed by atoms with E-state index in [1.807, 2.05) is 0 Å². The number of thioether (sulfide) groups is 1. The van der Waals surface area contributed by atoms with Crippen LogP contribution in [0.25, 0.3) is 0 Å². The van der Waals surface area contributed by atoms with E-state index in [9.17, 15) is 42.6 Å². The third kappa shape index (κ3) is 6.65. The lowest BCUT2D eigenvalue weighted by Crippen LogP contribution is -2.48. The summed E-state index contributed by atoms with van der Waals surface area (Å²) in [6.45, 7) is -0.173. The Bertz CT molecular complexity index is 1200. The molecule has 1 saturated carbocycles. The minimum Gasteiger partial charge on any atom is -0.548 e. The molecule has 208 valence electrons. The molecule has 3 amide bonds. The molecule has 1 aromatic rings. The lowest BCUT2D eigenvalue weighted by Gasteiger charge is -2.26. The highest BCUT2D eigenvalue weighted by atomic mass is 32.2. The van der Waals surface area contributed by atoms with E-state index in [-0.39, 0.29) is 53.5 Å². The van der Waals surface area contributed by atoms with Gasteiger partial charge in [0.1, 0.15) is 4.21 Å². The molecular weight excluding hydrogens is 560 g/mol. The van der Waals surface area contributed by atoms with Crippen LogP contribution in [0.2, 0.25) is 0 Å². The number of hydrogen-bond acceptors (Lipinski definition) is 11. The number of carboxylic acid groups (broad SMARTS) is 2. The average Bonchev–Trinajstić information content (AvgIpc) is 3.23. The van der Waals surface area contributed by atoms with Crippen molar-refractivity contribution >= 4 is 62.8 Å². The molecule has 4 atom stereocenters. The van der Waals surface area contributed by atoms with Gasteiger partial charge < -0.3 is 34.9 Å². The van der Waals surface area contributed by atoms with Crippen molar-refractivity contribution in [2.45, 2.75) is 54.1 Å². The van der Waals surface area contributed by atoms with Crippen LogP contribution in [0.4, 0.5) is 0 Å². The molecule has 1 aliphatic carbocycles. The largest absolute Gasteiger partial charge is 0.548 e. The number of carbonyl (C=O) groups is 5. The predicted molar refractivity (Wildman–Crippen MR) is 131 cm³/mol. The maximum Gasteiger partial charge on any atom is 0.250 e. The molecule has 2 saturated heterocycles. The molecule has 1 aromatic heterocycles. The monoisotopic (exact) mass is 586 g/mol. The molecule has 3 heterocycles. The van der Waals surface area contributed by atoms with Gasteiger partial charge >= 0.3 is 0 Å². The van der Waals surface area contributed by atoms with Gasteiger partial charge in [-0.1, -0.05) is 6.07 Å². The Morgan fingerprint density at radius 2 is 1.50 bits per heavy atom. The number of thiophene rings is 1. The third-order valence-electron chi connectivity index (χ3n) is 6.61. The van der Waals surface area contributed by atoms with Gasteiger partial charge in [0.2, 0.25) is 27.7 Å². The summed E-state index contributed by atoms with van der Waals surface area (Å²) in [7, 11) is -3.88. The number of rotatable bonds is 11. The smallest absolute Gasteiger partial charge is 0.250 e. The molecule has 2 N–H and O–H groups in total. The normalized spacial score (nSPS) is 25.4. The van der Waals surface area contributed by atoms with Gasteiger partial charge in [0.15, 0.2) is 0 Å². The van der Waals surface area contributed by atoms with Crippen molar-refractivity contribution in [3.05, 3.63) is 17.5 Å². The van der Waals surface area contributed by atoms with Crippen molar-refractivity contribution in [2.75, 3.05) is 24.6 Å². The van der Waals surface area contributed by atoms with E-state index in [1.165, 1.54) is 6.07 Å². The van der Waals surface area contributed by atoms with Crippen LogP contribution >= 0.6 is 23.1 Å². The third-order valence-corrected chi connectivity index (χ3v) is 10.4. The molecule has 0 aromatic carbocycles. The zero-order chi connectivity index (χ0) is 27.6. The Hall–Kier alpha value is -2.69. The van der Waals surface area contributed by atoms with Crippen LogP contribution < -0.4 is 20.3 Å². The van der Waals surface area contributed by atoms with E-state index in [4.69, 9.17) is 0 Å². The zero-order valence-corrected chi connectivity index (χ0v) is 22.5. The standard InChI is InChI=1S/C22H28N4O9S3/c27-17(25-8-13(6-15(25)21(30)31)23-20(29)12-3-4-12)10-36-11-18(28)26-9-14(7-16(26)22(32)33)24-38(34,35)19-2-1-5-37-19/h1-2,5,12-16,24H,3-4,6-11H2,(H,23,29)(H,30,31)(H,32,33)/p-2/t13-,14-,15-,16-/m0/s1. The summed E-state index contributed by atoms with van der Waals surface area (Å²) in [5.74, 6) is -4.91. The highest BCUT2D eigenvalue weighted by Crippen LogP contribution is 2.30. The van der Waals surface area contributed by atoms with E-state index < -0.39 is 57.9 Å². The molecule has 16 heteroatoms. The minimum absolute atomic E-state index is 0.00932. The maximum atomic E-state index is 12.8. The lowest BCUT2D eigenvalue weighted by molar-refractivity contribution is -0.311. The van der Waals surface area contributed by atoms with E-state index in [0.29, 0.717) is 0 Å². The molecular formula is C22H26N4O9S3-2. The van der Waals surface area contributed by atoms with Gasteiger partial charge in [-0.2, -0.15) is 0 Å². The number of hydrogen-bond donors (Lipinski definition) is 2. The number of carboxylic acids is 2. The number of nitrogens with zero attached hydrogens (tertiary/aromatic N) is 2. The first-order valence-corrected chi connectivity index (χ1v) is 15.4. The molecule has 0 bridgehead atoms. The highest BCUT2D eigenvalue weighted by molar-refractivity contribution is 8.00. The topological polar surface area (TPSA) is 196 Å². The van der Waals surface area contributed by atoms with Crippen molar-refractivity contribution in [2.24, 2.45) is 5.92 Å². The molecule has 38 heavy (non-hydrogen) atoms. The second-order valence-electron chi connectivity index (χ2n) is 9.46. The van der Waals surface area contributed by atoms with E-state index in [1.54, 1.807) is 11.4 Å². The Labute approximate surface area is 227 Å². The number of nitrogens with one attached hydrogen (secondary N) is 2. The van der Waals surface area contributed by atoms with Crippen molar-refractivity contribution < 1.29 is 42.6 Å². The first kappa shape index (κ1) is 28.3. The van der Waals surface area contributed by atoms with Gasteiger partial charge in [-0.3, -0.25) is 14.4 Å². The summed E-state index contributed by atoms with van der Waals surface area (Å²) in [6.07, 6.45) is 1.43. The molecule has 0 radical (unpaired) electrons. The maximum absolute atomic E-state index is 12.8. The van der Waals surface area contributed by atoms with Gasteiger partial charge in [0, 0.05) is 31.1 Å². The molecule has 0 spiro atoms. The summed E-state index contributed by atoms with van der Waals surface area (Å²) in [6, 6.07) is -0.924. The summed E-state index contributed by atoms with van der Waals surface area (Å²) >= 11 is 1.88. The van der Waals surface area contributed by atoms with Gasteiger partial charge in [0.25, 0.3) is 0 Å². The Kier molecular flexibility index (Phi) is 8.64. The number of carbonyl (C=O) groups excluding carboxylic acids is 5. The van der Waals surface area contributed by atoms with Crippen molar-refractivity contribution in [3.8, 4) is 0 Å². The first-order chi connectivity index (χ1) is 18.0. The summed E-state index contributed by atoms with van der Waals surface area (Å²) in [5, 5.41) is 27.5. The second-order valence-corrected chi connectivity index (χ2v) is 13.3. The van der Waals surface area contributed by atoms with E-state index >= 15 is 0 Å². The number of aliphatic carboxylic acids is 2. The molecule has 13 nitrogen and oxygen atoms in total. The Morgan fingerprint density at radius 3 is 2.00 bits per heavy atom. The van der Waals surface area contributed by atoms with E-state index in [2.05, 4.69) is 10.0 Å². The summed E-state index contributed by atoms with van der Waals surface area (Å²) in [4.78, 5) is 62.8. The summed E-state index contributed by atoms with van der Waals surface area (Å²) < 4.78 is 27.5. The number of sulfonamides is 1. The number of likely N-dealkylation sites (tertiary alicyclic amines) is 2. The Balaban J connectivity index is 1.29. The van der Waals surface area contributed by atoms with Crippen molar-refractivity contribution in [1.82, 2.24) is 19.8 Å². The number of amides is 3. The van der Waals surface area contributed by atoms with Gasteiger partial charge in [-0.25, -0.2) is 13.1 Å². The second kappa shape index (κ2) is 11.6. The van der Waals surface area contributed by atoms with Gasteiger partial charge in [0.05, 0.1) is 35.5 Å². The Morgan fingerprint density at radius 1 is 0.947 bits per heavy atom. The van der Waals surface area contributed by atoms with Crippen LogP contribution in [0.5, 0.6) is 0 Å². The van der Waals surface area contributed by atoms with Crippen molar-refractivity contribution in [3.63, 3.8) is 0 Å². The van der Waals surface area contributed by atoms with Gasteiger partial charge in [-0.05, 0) is 37.1 Å². The summed E-state index contributed by atoms with van der Waals surface area (Å²) in [5.41, 5.74) is 0. The van der Waals surface area contributed by atoms with E-state index in [0.717, 1.165) is 45.7 Å². The van der Waals surface area contributed by atoms with Gasteiger partial charge in [-0.15, -0.1) is 23.1 Å². The van der Waals surface area contributed by atoms with Crippen LogP contribution in [-0.4, -0.2) is 96.6 Å². The fraction of sp³-hybridized carbons (Fsp3) is 0.591. The molecule has 2 aliphatic heterocycles. The molecule has 3 aliphatic rings. The molecule has 4 rings (SSSR count). The fourth-order valence-electron chi connectivity index (χ4n) is 4.61.